The van der Waals surface area contributed by atoms with Gasteiger partial charge in [-0.2, -0.15) is 0 Å². The minimum atomic E-state index is -0.0165. The molecule has 0 heterocycles. The minimum absolute atomic E-state index is 0.0165. The maximum absolute atomic E-state index is 12.2. The van der Waals surface area contributed by atoms with Crippen molar-refractivity contribution >= 4 is 23.2 Å². The van der Waals surface area contributed by atoms with Gasteiger partial charge in [0.25, 0.3) is 0 Å². The van der Waals surface area contributed by atoms with Crippen LogP contribution in [0.2, 0.25) is 5.02 Å². The van der Waals surface area contributed by atoms with E-state index in [-0.39, 0.29) is 5.91 Å². The van der Waals surface area contributed by atoms with Crippen LogP contribution in [-0.4, -0.2) is 20.1 Å². The third-order valence-corrected chi connectivity index (χ3v) is 5.71. The number of amides is 1. The summed E-state index contributed by atoms with van der Waals surface area (Å²) in [6, 6.07) is 3.34. The van der Waals surface area contributed by atoms with Gasteiger partial charge in [0.05, 0.1) is 24.9 Å². The van der Waals surface area contributed by atoms with Crippen LogP contribution in [0.25, 0.3) is 0 Å². The predicted molar refractivity (Wildman–Crippen MR) is 133 cm³/mol. The van der Waals surface area contributed by atoms with Crippen LogP contribution in [0.4, 0.5) is 5.69 Å². The Morgan fingerprint density at radius 1 is 0.839 bits per heavy atom. The zero-order valence-electron chi connectivity index (χ0n) is 19.8. The van der Waals surface area contributed by atoms with Crippen LogP contribution in [0.5, 0.6) is 11.5 Å². The third kappa shape index (κ3) is 12.7. The van der Waals surface area contributed by atoms with Gasteiger partial charge in [0.1, 0.15) is 11.5 Å². The smallest absolute Gasteiger partial charge is 0.224 e. The number of carbonyl (C=O) groups is 1. The molecule has 1 N–H and O–H groups in total. The minimum Gasteiger partial charge on any atom is -0.495 e. The van der Waals surface area contributed by atoms with Crippen LogP contribution in [0.15, 0.2) is 24.3 Å². The molecular formula is C26H42ClNO3. The first-order chi connectivity index (χ1) is 15.1. The summed E-state index contributed by atoms with van der Waals surface area (Å²) in [4.78, 5) is 12.2. The predicted octanol–water partition coefficient (Wildman–Crippen LogP) is 8.33. The lowest BCUT2D eigenvalue weighted by Gasteiger charge is -2.13. The van der Waals surface area contributed by atoms with Gasteiger partial charge in [-0.1, -0.05) is 82.0 Å². The third-order valence-electron chi connectivity index (χ3n) is 5.41. The molecule has 0 aliphatic carbocycles. The summed E-state index contributed by atoms with van der Waals surface area (Å²) < 4.78 is 10.5. The summed E-state index contributed by atoms with van der Waals surface area (Å²) in [5.41, 5.74) is 0.575. The molecule has 5 heteroatoms. The van der Waals surface area contributed by atoms with Crippen LogP contribution in [-0.2, 0) is 4.79 Å². The highest BCUT2D eigenvalue weighted by Crippen LogP contribution is 2.36. The summed E-state index contributed by atoms with van der Waals surface area (Å²) in [5.74, 6) is 1.05. The Balaban J connectivity index is 2.06. The lowest BCUT2D eigenvalue weighted by Crippen LogP contribution is -2.12. The van der Waals surface area contributed by atoms with Crippen LogP contribution in [0, 0.1) is 0 Å². The Labute approximate surface area is 194 Å². The number of anilines is 1. The molecule has 0 fully saturated rings. The topological polar surface area (TPSA) is 47.6 Å². The summed E-state index contributed by atoms with van der Waals surface area (Å²) in [7, 11) is 3.11. The number of hydrogen-bond acceptors (Lipinski definition) is 3. The van der Waals surface area contributed by atoms with Crippen molar-refractivity contribution in [2.45, 2.75) is 96.8 Å². The van der Waals surface area contributed by atoms with Crippen molar-refractivity contribution in [3.8, 4) is 11.5 Å². The molecule has 0 saturated heterocycles. The van der Waals surface area contributed by atoms with E-state index in [9.17, 15) is 4.79 Å². The standard InChI is InChI=1S/C26H42ClNO3/c1-4-5-6-7-8-9-10-11-12-13-14-15-16-17-18-19-26(29)28-23-20-22(27)24(30-2)21-25(23)31-3/h11-12,20-21H,4-10,13-19H2,1-3H3,(H,28,29)/b12-11+. The van der Waals surface area contributed by atoms with E-state index in [4.69, 9.17) is 21.1 Å². The average molecular weight is 452 g/mol. The maximum Gasteiger partial charge on any atom is 0.224 e. The lowest BCUT2D eigenvalue weighted by atomic mass is 10.1. The number of ether oxygens (including phenoxy) is 2. The molecule has 1 amide bonds. The van der Waals surface area contributed by atoms with E-state index in [1.54, 1.807) is 26.4 Å². The molecule has 0 atom stereocenters. The van der Waals surface area contributed by atoms with E-state index in [1.807, 2.05) is 0 Å². The molecule has 1 aromatic rings. The van der Waals surface area contributed by atoms with Crippen molar-refractivity contribution in [3.05, 3.63) is 29.3 Å². The number of unbranched alkanes of at least 4 members (excludes halogenated alkanes) is 11. The Morgan fingerprint density at radius 2 is 1.39 bits per heavy atom. The molecule has 0 radical (unpaired) electrons. The first-order valence-electron chi connectivity index (χ1n) is 12.0. The monoisotopic (exact) mass is 451 g/mol. The summed E-state index contributed by atoms with van der Waals surface area (Å²) in [5, 5.41) is 3.33. The summed E-state index contributed by atoms with van der Waals surface area (Å²) in [6.07, 6.45) is 21.4. The summed E-state index contributed by atoms with van der Waals surface area (Å²) >= 11 is 6.15. The van der Waals surface area contributed by atoms with E-state index < -0.39 is 0 Å². The highest BCUT2D eigenvalue weighted by molar-refractivity contribution is 6.32. The number of nitrogens with one attached hydrogen (secondary N) is 1. The van der Waals surface area contributed by atoms with Gasteiger partial charge < -0.3 is 14.8 Å². The first kappa shape index (κ1) is 27.4. The Hall–Kier alpha value is -1.68. The van der Waals surface area contributed by atoms with Crippen LogP contribution in [0.1, 0.15) is 96.8 Å². The number of methoxy groups -OCH3 is 2. The van der Waals surface area contributed by atoms with Crippen molar-refractivity contribution in [1.82, 2.24) is 0 Å². The van der Waals surface area contributed by atoms with Crippen molar-refractivity contribution < 1.29 is 14.3 Å². The van der Waals surface area contributed by atoms with E-state index in [2.05, 4.69) is 24.4 Å². The van der Waals surface area contributed by atoms with E-state index in [1.165, 1.54) is 70.6 Å². The van der Waals surface area contributed by atoms with Crippen LogP contribution >= 0.6 is 11.6 Å². The Kier molecular flexibility index (Phi) is 15.8. The molecule has 0 aliphatic heterocycles. The highest BCUT2D eigenvalue weighted by atomic mass is 35.5. The number of rotatable bonds is 18. The second-order valence-corrected chi connectivity index (χ2v) is 8.48. The maximum atomic E-state index is 12.2. The Morgan fingerprint density at radius 3 is 1.97 bits per heavy atom. The normalized spacial score (nSPS) is 11.1. The van der Waals surface area contributed by atoms with Gasteiger partial charge in [0, 0.05) is 12.5 Å². The number of benzene rings is 1. The van der Waals surface area contributed by atoms with Crippen molar-refractivity contribution in [1.29, 1.82) is 0 Å². The van der Waals surface area contributed by atoms with E-state index in [0.717, 1.165) is 12.8 Å². The number of carbonyl (C=O) groups excluding carboxylic acids is 1. The largest absolute Gasteiger partial charge is 0.495 e. The number of allylic oxidation sites excluding steroid dienone is 2. The highest BCUT2D eigenvalue weighted by Gasteiger charge is 2.12. The van der Waals surface area contributed by atoms with Gasteiger partial charge in [-0.15, -0.1) is 0 Å². The fraction of sp³-hybridized carbons (Fsp3) is 0.654. The quantitative estimate of drug-likeness (QED) is 0.180. The molecule has 0 saturated carbocycles. The molecule has 0 spiro atoms. The van der Waals surface area contributed by atoms with Crippen molar-refractivity contribution in [3.63, 3.8) is 0 Å². The Bertz CT molecular complexity index is 646. The van der Waals surface area contributed by atoms with Gasteiger partial charge >= 0.3 is 0 Å². The molecule has 0 unspecified atom stereocenters. The van der Waals surface area contributed by atoms with Crippen molar-refractivity contribution in [2.24, 2.45) is 0 Å². The average Bonchev–Trinajstić information content (AvgIpc) is 2.76. The molecular weight excluding hydrogens is 410 g/mol. The summed E-state index contributed by atoms with van der Waals surface area (Å²) in [6.45, 7) is 2.26. The second-order valence-electron chi connectivity index (χ2n) is 8.07. The molecule has 0 aliphatic rings. The number of halogens is 1. The lowest BCUT2D eigenvalue weighted by molar-refractivity contribution is -0.116. The van der Waals surface area contributed by atoms with Gasteiger partial charge in [0.15, 0.2) is 0 Å². The van der Waals surface area contributed by atoms with E-state index in [0.29, 0.717) is 28.6 Å². The fourth-order valence-electron chi connectivity index (χ4n) is 3.53. The zero-order chi connectivity index (χ0) is 22.7. The number of hydrogen-bond donors (Lipinski definition) is 1. The van der Waals surface area contributed by atoms with Crippen LogP contribution in [0.3, 0.4) is 0 Å². The second kappa shape index (κ2) is 17.9. The first-order valence-corrected chi connectivity index (χ1v) is 12.4. The van der Waals surface area contributed by atoms with E-state index >= 15 is 0 Å². The van der Waals surface area contributed by atoms with Gasteiger partial charge in [-0.05, 0) is 38.2 Å². The molecule has 31 heavy (non-hydrogen) atoms. The van der Waals surface area contributed by atoms with Gasteiger partial charge in [-0.25, -0.2) is 0 Å². The molecule has 1 rings (SSSR count). The molecule has 0 aromatic heterocycles. The van der Waals surface area contributed by atoms with Crippen molar-refractivity contribution in [2.75, 3.05) is 19.5 Å². The molecule has 176 valence electrons. The molecule has 0 bridgehead atoms. The van der Waals surface area contributed by atoms with Gasteiger partial charge in [0.2, 0.25) is 5.91 Å². The van der Waals surface area contributed by atoms with Gasteiger partial charge in [-0.3, -0.25) is 4.79 Å². The fourth-order valence-corrected chi connectivity index (χ4v) is 3.77. The molecule has 1 aromatic carbocycles. The molecule has 4 nitrogen and oxygen atoms in total. The SMILES string of the molecule is CCCCCCCC/C=C/CCCCCCCC(=O)Nc1cc(Cl)c(OC)cc1OC. The van der Waals surface area contributed by atoms with Crippen LogP contribution < -0.4 is 14.8 Å². The zero-order valence-corrected chi connectivity index (χ0v) is 20.6.